The van der Waals surface area contributed by atoms with E-state index in [9.17, 15) is 9.18 Å². The Hall–Kier alpha value is -2.42. The van der Waals surface area contributed by atoms with Crippen molar-refractivity contribution in [1.29, 1.82) is 0 Å². The molecule has 1 aromatic rings. The Kier molecular flexibility index (Phi) is 5.32. The summed E-state index contributed by atoms with van der Waals surface area (Å²) in [6, 6.07) is 4.62. The molecule has 2 heterocycles. The first kappa shape index (κ1) is 17.4. The number of halogens is 1. The van der Waals surface area contributed by atoms with Gasteiger partial charge in [-0.05, 0) is 36.8 Å². The van der Waals surface area contributed by atoms with Crippen LogP contribution < -0.4 is 9.80 Å². The lowest BCUT2D eigenvalue weighted by atomic mass is 10.2. The van der Waals surface area contributed by atoms with Crippen LogP contribution in [0.4, 0.5) is 20.6 Å². The van der Waals surface area contributed by atoms with Crippen molar-refractivity contribution >= 4 is 41.1 Å². The molecule has 25 heavy (non-hydrogen) atoms. The van der Waals surface area contributed by atoms with E-state index in [1.54, 1.807) is 17.0 Å². The molecule has 0 aromatic heterocycles. The van der Waals surface area contributed by atoms with Gasteiger partial charge in [-0.2, -0.15) is 0 Å². The molecule has 9 heteroatoms. The molecule has 1 fully saturated rings. The number of cyclic esters (lactones) is 1. The maximum Gasteiger partial charge on any atom is 0.414 e. The molecular formula is C16H18FN3O4S. The molecule has 0 bridgehead atoms. The number of rotatable bonds is 5. The SMILES string of the molecule is COC(=S)CC[C@H]1CN(c2ccc(N3C=NOCC3)c(F)c2)C(=O)O1. The minimum absolute atomic E-state index is 0.297. The third-order valence-corrected chi connectivity index (χ3v) is 4.38. The molecule has 0 unspecified atom stereocenters. The zero-order valence-electron chi connectivity index (χ0n) is 13.7. The maximum atomic E-state index is 14.5. The highest BCUT2D eigenvalue weighted by atomic mass is 32.1. The number of carbonyl (C=O) groups excluding carboxylic acids is 1. The number of methoxy groups -OCH3 is 1. The van der Waals surface area contributed by atoms with Crippen LogP contribution in [0.3, 0.4) is 0 Å². The van der Waals surface area contributed by atoms with Crippen LogP contribution in [0.1, 0.15) is 12.8 Å². The highest BCUT2D eigenvalue weighted by Gasteiger charge is 2.32. The zero-order valence-corrected chi connectivity index (χ0v) is 14.5. The Balaban J connectivity index is 1.68. The van der Waals surface area contributed by atoms with Crippen LogP contribution in [-0.2, 0) is 14.3 Å². The zero-order chi connectivity index (χ0) is 17.8. The molecule has 3 rings (SSSR count). The minimum atomic E-state index is -0.492. The molecular weight excluding hydrogens is 349 g/mol. The number of benzene rings is 1. The van der Waals surface area contributed by atoms with Crippen LogP contribution in [0.15, 0.2) is 23.4 Å². The van der Waals surface area contributed by atoms with E-state index in [1.165, 1.54) is 24.4 Å². The molecule has 1 saturated heterocycles. The second kappa shape index (κ2) is 7.64. The molecule has 0 aliphatic carbocycles. The van der Waals surface area contributed by atoms with Gasteiger partial charge in [0.25, 0.3) is 0 Å². The summed E-state index contributed by atoms with van der Waals surface area (Å²) in [5, 5.41) is 4.14. The molecule has 2 aliphatic rings. The average Bonchev–Trinajstić information content (AvgIpc) is 3.01. The van der Waals surface area contributed by atoms with Gasteiger partial charge in [0.2, 0.25) is 0 Å². The second-order valence-corrected chi connectivity index (χ2v) is 6.07. The standard InChI is InChI=1S/C16H18FN3O4S/c1-22-15(25)5-3-12-9-20(16(21)24-12)11-2-4-14(13(17)8-11)19-6-7-23-18-10-19/h2,4,8,10,12H,3,5-7,9H2,1H3/t12-/m0/s1. The second-order valence-electron chi connectivity index (χ2n) is 5.61. The van der Waals surface area contributed by atoms with Crippen molar-refractivity contribution in [2.45, 2.75) is 18.9 Å². The lowest BCUT2D eigenvalue weighted by Gasteiger charge is -2.23. The lowest BCUT2D eigenvalue weighted by Crippen LogP contribution is -2.30. The molecule has 7 nitrogen and oxygen atoms in total. The predicted molar refractivity (Wildman–Crippen MR) is 94.6 cm³/mol. The van der Waals surface area contributed by atoms with Crippen molar-refractivity contribution in [3.63, 3.8) is 0 Å². The Morgan fingerprint density at radius 2 is 2.36 bits per heavy atom. The van der Waals surface area contributed by atoms with Gasteiger partial charge < -0.3 is 19.2 Å². The minimum Gasteiger partial charge on any atom is -0.490 e. The Labute approximate surface area is 149 Å². The summed E-state index contributed by atoms with van der Waals surface area (Å²) in [5.41, 5.74) is 0.832. The number of hydrogen-bond acceptors (Lipinski definition) is 7. The van der Waals surface area contributed by atoms with E-state index in [2.05, 4.69) is 5.16 Å². The van der Waals surface area contributed by atoms with E-state index in [0.29, 0.717) is 49.0 Å². The molecule has 1 atom stereocenters. The fraction of sp³-hybridized carbons (Fsp3) is 0.438. The van der Waals surface area contributed by atoms with Crippen molar-refractivity contribution in [2.24, 2.45) is 5.16 Å². The number of amides is 1. The predicted octanol–water partition coefficient (Wildman–Crippen LogP) is 2.68. The molecule has 0 radical (unpaired) electrons. The van der Waals surface area contributed by atoms with Crippen molar-refractivity contribution in [1.82, 2.24) is 0 Å². The number of nitrogens with zero attached hydrogens (tertiary/aromatic N) is 3. The average molecular weight is 367 g/mol. The highest BCUT2D eigenvalue weighted by Crippen LogP contribution is 2.28. The summed E-state index contributed by atoms with van der Waals surface area (Å²) >= 11 is 4.99. The number of carbonyl (C=O) groups is 1. The normalized spacial score (nSPS) is 19.6. The van der Waals surface area contributed by atoms with E-state index in [4.69, 9.17) is 26.5 Å². The summed E-state index contributed by atoms with van der Waals surface area (Å²) in [6.45, 7) is 1.25. The van der Waals surface area contributed by atoms with Gasteiger partial charge in [-0.25, -0.2) is 9.18 Å². The fourth-order valence-electron chi connectivity index (χ4n) is 2.68. The van der Waals surface area contributed by atoms with Gasteiger partial charge in [0.05, 0.1) is 31.6 Å². The summed E-state index contributed by atoms with van der Waals surface area (Å²) in [4.78, 5) is 20.0. The smallest absolute Gasteiger partial charge is 0.414 e. The van der Waals surface area contributed by atoms with Gasteiger partial charge in [-0.1, -0.05) is 5.16 Å². The number of oxime groups is 1. The van der Waals surface area contributed by atoms with E-state index in [0.717, 1.165) is 0 Å². The monoisotopic (exact) mass is 367 g/mol. The van der Waals surface area contributed by atoms with Crippen LogP contribution in [0.2, 0.25) is 0 Å². The first-order chi connectivity index (χ1) is 12.1. The highest BCUT2D eigenvalue weighted by molar-refractivity contribution is 7.80. The van der Waals surface area contributed by atoms with Crippen molar-refractivity contribution in [3.05, 3.63) is 24.0 Å². The first-order valence-electron chi connectivity index (χ1n) is 7.85. The largest absolute Gasteiger partial charge is 0.490 e. The fourth-order valence-corrected chi connectivity index (χ4v) is 2.80. The lowest BCUT2D eigenvalue weighted by molar-refractivity contribution is 0.137. The Morgan fingerprint density at radius 3 is 3.04 bits per heavy atom. The van der Waals surface area contributed by atoms with Crippen LogP contribution in [0.5, 0.6) is 0 Å². The summed E-state index contributed by atoms with van der Waals surface area (Å²) in [6.07, 6.45) is 1.74. The number of hydrogen-bond donors (Lipinski definition) is 0. The molecule has 0 spiro atoms. The van der Waals surface area contributed by atoms with Crippen molar-refractivity contribution in [3.8, 4) is 0 Å². The molecule has 1 amide bonds. The van der Waals surface area contributed by atoms with Crippen LogP contribution in [0, 0.1) is 5.82 Å². The van der Waals surface area contributed by atoms with Gasteiger partial charge in [0.15, 0.2) is 5.05 Å². The van der Waals surface area contributed by atoms with Gasteiger partial charge in [-0.15, -0.1) is 0 Å². The van der Waals surface area contributed by atoms with Crippen molar-refractivity contribution in [2.75, 3.05) is 36.6 Å². The van der Waals surface area contributed by atoms with E-state index in [-0.39, 0.29) is 6.10 Å². The summed E-state index contributed by atoms with van der Waals surface area (Å²) in [5.74, 6) is -0.442. The summed E-state index contributed by atoms with van der Waals surface area (Å²) < 4.78 is 24.7. The molecule has 0 N–H and O–H groups in total. The third kappa shape index (κ3) is 3.98. The molecule has 0 saturated carbocycles. The van der Waals surface area contributed by atoms with Crippen LogP contribution >= 0.6 is 12.2 Å². The van der Waals surface area contributed by atoms with E-state index in [1.807, 2.05) is 0 Å². The van der Waals surface area contributed by atoms with E-state index < -0.39 is 11.9 Å². The van der Waals surface area contributed by atoms with Crippen LogP contribution in [0.25, 0.3) is 0 Å². The number of ether oxygens (including phenoxy) is 2. The first-order valence-corrected chi connectivity index (χ1v) is 8.26. The third-order valence-electron chi connectivity index (χ3n) is 4.01. The Bertz CT molecular complexity index is 700. The number of anilines is 2. The van der Waals surface area contributed by atoms with Gasteiger partial charge in [0, 0.05) is 6.42 Å². The van der Waals surface area contributed by atoms with Gasteiger partial charge >= 0.3 is 6.09 Å². The van der Waals surface area contributed by atoms with Gasteiger partial charge in [0.1, 0.15) is 24.9 Å². The summed E-state index contributed by atoms with van der Waals surface area (Å²) in [7, 11) is 1.51. The maximum absolute atomic E-state index is 14.5. The molecule has 2 aliphatic heterocycles. The van der Waals surface area contributed by atoms with Gasteiger partial charge in [-0.3, -0.25) is 4.90 Å². The number of thiocarbonyl (C=S) groups is 1. The molecule has 1 aromatic carbocycles. The topological polar surface area (TPSA) is 63.6 Å². The molecule has 134 valence electrons. The van der Waals surface area contributed by atoms with Crippen LogP contribution in [-0.4, -0.2) is 50.4 Å². The quantitative estimate of drug-likeness (QED) is 0.746. The van der Waals surface area contributed by atoms with Crippen molar-refractivity contribution < 1.29 is 23.5 Å². The van der Waals surface area contributed by atoms with E-state index >= 15 is 0 Å². The Morgan fingerprint density at radius 1 is 1.52 bits per heavy atom.